The maximum atomic E-state index is 12.0. The molecule has 0 bridgehead atoms. The third kappa shape index (κ3) is 4.22. The molecule has 0 aromatic heterocycles. The molecule has 18 heavy (non-hydrogen) atoms. The second-order valence-corrected chi connectivity index (χ2v) is 12.7. The summed E-state index contributed by atoms with van der Waals surface area (Å²) in [6.07, 6.45) is 0. The first-order valence-corrected chi connectivity index (χ1v) is 10.8. The van der Waals surface area contributed by atoms with Crippen LogP contribution in [0.1, 0.15) is 26.3 Å². The summed E-state index contributed by atoms with van der Waals surface area (Å²) in [4.78, 5) is 0.234. The molecule has 0 unspecified atom stereocenters. The zero-order valence-corrected chi connectivity index (χ0v) is 13.8. The first kappa shape index (κ1) is 15.4. The summed E-state index contributed by atoms with van der Waals surface area (Å²) < 4.78 is 29.3. The van der Waals surface area contributed by atoms with Crippen LogP contribution in [0.3, 0.4) is 0 Å². The fourth-order valence-corrected chi connectivity index (χ4v) is 4.99. The Hall–Kier alpha value is -0.653. The van der Waals surface area contributed by atoms with Gasteiger partial charge in [0.1, 0.15) is 0 Å². The lowest BCUT2D eigenvalue weighted by atomic mass is 9.87. The molecular formula is C13H22O3SSi. The van der Waals surface area contributed by atoms with Crippen molar-refractivity contribution in [3.63, 3.8) is 0 Å². The summed E-state index contributed by atoms with van der Waals surface area (Å²) in [6.45, 7) is 11.8. The minimum atomic E-state index is -3.62. The molecule has 0 aliphatic rings. The molecule has 5 heteroatoms. The van der Waals surface area contributed by atoms with E-state index in [2.05, 4.69) is 20.8 Å². The van der Waals surface area contributed by atoms with Crippen LogP contribution in [0.25, 0.3) is 0 Å². The lowest BCUT2D eigenvalue weighted by molar-refractivity contribution is 0.485. The van der Waals surface area contributed by atoms with Crippen LogP contribution in [0.2, 0.25) is 19.6 Å². The van der Waals surface area contributed by atoms with E-state index in [0.29, 0.717) is 0 Å². The molecule has 0 amide bonds. The normalized spacial score (nSPS) is 13.7. The molecule has 0 atom stereocenters. The van der Waals surface area contributed by atoms with Crippen molar-refractivity contribution >= 4 is 18.4 Å². The van der Waals surface area contributed by atoms with E-state index in [0.717, 1.165) is 5.56 Å². The Morgan fingerprint density at radius 1 is 1.00 bits per heavy atom. The third-order valence-electron chi connectivity index (χ3n) is 2.37. The van der Waals surface area contributed by atoms with Gasteiger partial charge in [-0.2, -0.15) is 8.42 Å². The summed E-state index contributed by atoms with van der Waals surface area (Å²) >= 11 is 0. The highest BCUT2D eigenvalue weighted by Crippen LogP contribution is 2.24. The zero-order valence-electron chi connectivity index (χ0n) is 11.9. The maximum Gasteiger partial charge on any atom is 0.287 e. The van der Waals surface area contributed by atoms with E-state index in [9.17, 15) is 8.42 Å². The van der Waals surface area contributed by atoms with Crippen LogP contribution < -0.4 is 0 Å². The molecule has 0 aliphatic carbocycles. The Kier molecular flexibility index (Phi) is 4.10. The number of rotatable bonds is 3. The van der Waals surface area contributed by atoms with Gasteiger partial charge < -0.3 is 3.87 Å². The molecule has 3 nitrogen and oxygen atoms in total. The Morgan fingerprint density at radius 2 is 1.44 bits per heavy atom. The van der Waals surface area contributed by atoms with Crippen LogP contribution in [-0.2, 0) is 19.4 Å². The van der Waals surface area contributed by atoms with Gasteiger partial charge in [-0.25, -0.2) is 0 Å². The standard InChI is InChI=1S/C13H22O3SSi/c1-13(2,3)11-7-9-12(10-8-11)17(14,15)16-18(4,5)6/h7-10H,1-6H3. The van der Waals surface area contributed by atoms with E-state index >= 15 is 0 Å². The van der Waals surface area contributed by atoms with Crippen molar-refractivity contribution in [2.45, 2.75) is 50.7 Å². The van der Waals surface area contributed by atoms with Crippen molar-refractivity contribution < 1.29 is 12.3 Å². The number of benzene rings is 1. The minimum absolute atomic E-state index is 0.0158. The summed E-state index contributed by atoms with van der Waals surface area (Å²) in [5, 5.41) is 0. The van der Waals surface area contributed by atoms with Gasteiger partial charge in [-0.15, -0.1) is 0 Å². The molecule has 0 saturated carbocycles. The first-order valence-electron chi connectivity index (χ1n) is 5.98. The van der Waals surface area contributed by atoms with Crippen molar-refractivity contribution in [2.24, 2.45) is 0 Å². The van der Waals surface area contributed by atoms with Crippen LogP contribution in [-0.4, -0.2) is 16.7 Å². The second-order valence-electron chi connectivity index (χ2n) is 6.42. The fourth-order valence-electron chi connectivity index (χ4n) is 1.50. The van der Waals surface area contributed by atoms with Crippen molar-refractivity contribution in [1.29, 1.82) is 0 Å². The van der Waals surface area contributed by atoms with Gasteiger partial charge in [0, 0.05) is 0 Å². The summed E-state index contributed by atoms with van der Waals surface area (Å²) in [6, 6.07) is 6.94. The topological polar surface area (TPSA) is 43.4 Å². The number of hydrogen-bond acceptors (Lipinski definition) is 3. The highest BCUT2D eigenvalue weighted by molar-refractivity contribution is 7.87. The first-order chi connectivity index (χ1) is 7.92. The quantitative estimate of drug-likeness (QED) is 0.798. The van der Waals surface area contributed by atoms with Crippen LogP contribution >= 0.6 is 0 Å². The summed E-state index contributed by atoms with van der Waals surface area (Å²) in [7, 11) is -5.73. The van der Waals surface area contributed by atoms with E-state index in [4.69, 9.17) is 3.87 Å². The van der Waals surface area contributed by atoms with Crippen molar-refractivity contribution in [3.05, 3.63) is 29.8 Å². The van der Waals surface area contributed by atoms with Gasteiger partial charge in [0.15, 0.2) is 0 Å². The lowest BCUT2D eigenvalue weighted by Gasteiger charge is -2.20. The molecule has 0 aliphatic heterocycles. The molecular weight excluding hydrogens is 264 g/mol. The number of hydrogen-bond donors (Lipinski definition) is 0. The molecule has 0 fully saturated rings. The molecule has 1 aromatic carbocycles. The minimum Gasteiger partial charge on any atom is -0.312 e. The Bertz CT molecular complexity index is 505. The van der Waals surface area contributed by atoms with Gasteiger partial charge >= 0.3 is 0 Å². The highest BCUT2D eigenvalue weighted by Gasteiger charge is 2.26. The van der Waals surface area contributed by atoms with Gasteiger partial charge in [0.2, 0.25) is 8.32 Å². The lowest BCUT2D eigenvalue weighted by Crippen LogP contribution is -2.29. The second kappa shape index (κ2) is 4.79. The molecule has 102 valence electrons. The van der Waals surface area contributed by atoms with Crippen molar-refractivity contribution in [1.82, 2.24) is 0 Å². The fraction of sp³-hybridized carbons (Fsp3) is 0.538. The van der Waals surface area contributed by atoms with E-state index in [-0.39, 0.29) is 10.3 Å². The largest absolute Gasteiger partial charge is 0.312 e. The van der Waals surface area contributed by atoms with Gasteiger partial charge in [0.05, 0.1) is 4.90 Å². The predicted octanol–water partition coefficient (Wildman–Crippen LogP) is 3.52. The molecule has 0 saturated heterocycles. The van der Waals surface area contributed by atoms with Crippen LogP contribution in [0.15, 0.2) is 29.2 Å². The van der Waals surface area contributed by atoms with Gasteiger partial charge in [-0.05, 0) is 42.8 Å². The van der Waals surface area contributed by atoms with Crippen LogP contribution in [0.4, 0.5) is 0 Å². The van der Waals surface area contributed by atoms with E-state index in [1.165, 1.54) is 0 Å². The third-order valence-corrected chi connectivity index (χ3v) is 6.10. The Balaban J connectivity index is 3.06. The SMILES string of the molecule is CC(C)(C)c1ccc(S(=O)(=O)O[Si](C)(C)C)cc1. The van der Waals surface area contributed by atoms with Gasteiger partial charge in [-0.3, -0.25) is 0 Å². The van der Waals surface area contributed by atoms with E-state index < -0.39 is 18.4 Å². The zero-order chi connectivity index (χ0) is 14.2. The Morgan fingerprint density at radius 3 is 1.78 bits per heavy atom. The van der Waals surface area contributed by atoms with Crippen molar-refractivity contribution in [3.8, 4) is 0 Å². The molecule has 1 aromatic rings. The molecule has 0 N–H and O–H groups in total. The molecule has 1 rings (SSSR count). The van der Waals surface area contributed by atoms with Crippen molar-refractivity contribution in [2.75, 3.05) is 0 Å². The average molecular weight is 286 g/mol. The van der Waals surface area contributed by atoms with E-state index in [1.54, 1.807) is 12.1 Å². The summed E-state index contributed by atoms with van der Waals surface area (Å²) in [5.74, 6) is 0. The van der Waals surface area contributed by atoms with Gasteiger partial charge in [0.25, 0.3) is 10.1 Å². The molecule has 0 spiro atoms. The summed E-state index contributed by atoms with van der Waals surface area (Å²) in [5.41, 5.74) is 1.12. The van der Waals surface area contributed by atoms with Gasteiger partial charge in [-0.1, -0.05) is 32.9 Å². The Labute approximate surface area is 111 Å². The van der Waals surface area contributed by atoms with Crippen LogP contribution in [0, 0.1) is 0 Å². The predicted molar refractivity (Wildman–Crippen MR) is 76.8 cm³/mol. The molecule has 0 heterocycles. The molecule has 0 radical (unpaired) electrons. The van der Waals surface area contributed by atoms with Crippen LogP contribution in [0.5, 0.6) is 0 Å². The highest BCUT2D eigenvalue weighted by atomic mass is 32.2. The monoisotopic (exact) mass is 286 g/mol. The maximum absolute atomic E-state index is 12.0. The van der Waals surface area contributed by atoms with E-state index in [1.807, 2.05) is 31.8 Å². The average Bonchev–Trinajstić information content (AvgIpc) is 2.13. The smallest absolute Gasteiger partial charge is 0.287 e.